The monoisotopic (exact) mass is 614 g/mol. The fourth-order valence-electron chi connectivity index (χ4n) is 4.20. The summed E-state index contributed by atoms with van der Waals surface area (Å²) < 4.78 is 44.6. The molecule has 0 saturated heterocycles. The van der Waals surface area contributed by atoms with E-state index in [1.807, 2.05) is 66.1 Å². The van der Waals surface area contributed by atoms with E-state index in [4.69, 9.17) is 35.7 Å². The molecule has 16 heteroatoms. The number of aromatic nitrogens is 5. The average molecular weight is 615 g/mol. The summed E-state index contributed by atoms with van der Waals surface area (Å²) in [7, 11) is 0. The number of aliphatic hydroxyl groups excluding tert-OH is 1. The van der Waals surface area contributed by atoms with Crippen molar-refractivity contribution in [3.63, 3.8) is 0 Å². The van der Waals surface area contributed by atoms with Crippen LogP contribution in [-0.2, 0) is 17.9 Å². The second-order valence-electron chi connectivity index (χ2n) is 9.36. The standard InChI is InChI=1S/C26H28N8O3.C2HF3O2/c1-2-34-24-20(36-15-19(35)13-29-12-16-7-6-10-18(27)11-16)14-30-21(17-8-4-3-5-9-17)22(24)31-26(34)23-25(28)33-37-32-23;3-2(4,5)1(6)7/h3-11,14,19,29,35H,2,12-13,15,27H2,1H3,(H2,28,33);(H,6,7). The van der Waals surface area contributed by atoms with Crippen LogP contribution >= 0.6 is 0 Å². The van der Waals surface area contributed by atoms with Crippen molar-refractivity contribution in [2.24, 2.45) is 0 Å². The second kappa shape index (κ2) is 13.8. The Balaban J connectivity index is 0.000000566. The molecule has 3 aromatic heterocycles. The number of hydrogen-bond donors (Lipinski definition) is 5. The Morgan fingerprint density at radius 1 is 1.11 bits per heavy atom. The number of pyridine rings is 1. The maximum Gasteiger partial charge on any atom is 0.490 e. The lowest BCUT2D eigenvalue weighted by Crippen LogP contribution is -2.31. The second-order valence-corrected chi connectivity index (χ2v) is 9.36. The number of nitrogens with one attached hydrogen (secondary N) is 1. The third kappa shape index (κ3) is 7.59. The molecule has 0 aliphatic rings. The van der Waals surface area contributed by atoms with Gasteiger partial charge < -0.3 is 36.3 Å². The van der Waals surface area contributed by atoms with E-state index in [9.17, 15) is 18.3 Å². The summed E-state index contributed by atoms with van der Waals surface area (Å²) in [5, 5.41) is 28.6. The smallest absolute Gasteiger partial charge is 0.487 e. The topological polar surface area (TPSA) is 200 Å². The SMILES string of the molecule is CCn1c(-c2nonc2N)nc2c(-c3ccccc3)ncc(OCC(O)CNCc3cccc(N)c3)c21.O=C(O)C(F)(F)F. The molecule has 3 heterocycles. The van der Waals surface area contributed by atoms with Crippen molar-refractivity contribution in [3.8, 4) is 28.5 Å². The minimum atomic E-state index is -5.08. The first-order valence-electron chi connectivity index (χ1n) is 13.2. The predicted octanol–water partition coefficient (Wildman–Crippen LogP) is 3.50. The zero-order valence-electron chi connectivity index (χ0n) is 23.3. The lowest BCUT2D eigenvalue weighted by molar-refractivity contribution is -0.192. The van der Waals surface area contributed by atoms with Crippen molar-refractivity contribution < 1.29 is 37.5 Å². The number of carboxylic acid groups (broad SMARTS) is 1. The number of benzene rings is 2. The van der Waals surface area contributed by atoms with Gasteiger partial charge in [0.25, 0.3) is 0 Å². The van der Waals surface area contributed by atoms with Crippen molar-refractivity contribution in [1.29, 1.82) is 0 Å². The van der Waals surface area contributed by atoms with E-state index in [1.54, 1.807) is 6.20 Å². The number of nitrogen functional groups attached to an aromatic ring is 2. The number of ether oxygens (including phenoxy) is 1. The van der Waals surface area contributed by atoms with Crippen LogP contribution in [0.15, 0.2) is 65.4 Å². The first-order valence-corrected chi connectivity index (χ1v) is 13.2. The zero-order valence-corrected chi connectivity index (χ0v) is 23.3. The van der Waals surface area contributed by atoms with Gasteiger partial charge in [0.2, 0.25) is 0 Å². The summed E-state index contributed by atoms with van der Waals surface area (Å²) in [6.45, 7) is 3.52. The van der Waals surface area contributed by atoms with E-state index in [0.717, 1.165) is 11.1 Å². The minimum absolute atomic E-state index is 0.0588. The maximum absolute atomic E-state index is 10.6. The number of nitrogens with two attached hydrogens (primary N) is 2. The average Bonchev–Trinajstić information content (AvgIpc) is 3.59. The maximum atomic E-state index is 10.6. The number of aliphatic carboxylic acids is 1. The fourth-order valence-corrected chi connectivity index (χ4v) is 4.20. The normalized spacial score (nSPS) is 12.0. The predicted molar refractivity (Wildman–Crippen MR) is 154 cm³/mol. The number of imidazole rings is 1. The van der Waals surface area contributed by atoms with E-state index in [2.05, 4.69) is 20.6 Å². The molecule has 0 radical (unpaired) electrons. The highest BCUT2D eigenvalue weighted by Gasteiger charge is 2.38. The summed E-state index contributed by atoms with van der Waals surface area (Å²) in [6, 6.07) is 17.4. The molecule has 2 aromatic carbocycles. The molecular formula is C28H29F3N8O5. The molecule has 0 bridgehead atoms. The van der Waals surface area contributed by atoms with E-state index in [-0.39, 0.29) is 12.4 Å². The van der Waals surface area contributed by atoms with Gasteiger partial charge in [0.05, 0.1) is 11.9 Å². The van der Waals surface area contributed by atoms with Crippen LogP contribution in [0, 0.1) is 0 Å². The van der Waals surface area contributed by atoms with Gasteiger partial charge >= 0.3 is 12.1 Å². The largest absolute Gasteiger partial charge is 0.490 e. The number of carbonyl (C=O) groups is 1. The van der Waals surface area contributed by atoms with Crippen LogP contribution in [0.2, 0.25) is 0 Å². The van der Waals surface area contributed by atoms with E-state index in [0.29, 0.717) is 59.3 Å². The summed E-state index contributed by atoms with van der Waals surface area (Å²) in [5.41, 5.74) is 16.8. The van der Waals surface area contributed by atoms with Crippen LogP contribution in [0.25, 0.3) is 33.8 Å². The number of aryl methyl sites for hydroxylation is 1. The van der Waals surface area contributed by atoms with E-state index >= 15 is 0 Å². The number of alkyl halides is 3. The van der Waals surface area contributed by atoms with Gasteiger partial charge in [-0.1, -0.05) is 42.5 Å². The lowest BCUT2D eigenvalue weighted by atomic mass is 10.1. The van der Waals surface area contributed by atoms with Gasteiger partial charge in [-0.15, -0.1) is 0 Å². The third-order valence-electron chi connectivity index (χ3n) is 6.16. The number of aliphatic hydroxyl groups is 1. The Kier molecular flexibility index (Phi) is 9.97. The van der Waals surface area contributed by atoms with Gasteiger partial charge in [-0.05, 0) is 34.9 Å². The molecule has 0 fully saturated rings. The van der Waals surface area contributed by atoms with Crippen LogP contribution in [0.1, 0.15) is 12.5 Å². The molecular weight excluding hydrogens is 585 g/mol. The fraction of sp³-hybridized carbons (Fsp3) is 0.250. The highest BCUT2D eigenvalue weighted by atomic mass is 19.4. The Morgan fingerprint density at radius 3 is 2.45 bits per heavy atom. The number of anilines is 2. The number of halogens is 3. The van der Waals surface area contributed by atoms with Crippen molar-refractivity contribution in [2.45, 2.75) is 32.3 Å². The van der Waals surface area contributed by atoms with Crippen LogP contribution in [-0.4, -0.2) is 66.5 Å². The van der Waals surface area contributed by atoms with Gasteiger partial charge in [-0.25, -0.2) is 19.4 Å². The number of fused-ring (bicyclic) bond motifs is 1. The van der Waals surface area contributed by atoms with Gasteiger partial charge in [0, 0.05) is 30.9 Å². The number of nitrogens with zero attached hydrogens (tertiary/aromatic N) is 5. The molecule has 44 heavy (non-hydrogen) atoms. The highest BCUT2D eigenvalue weighted by molar-refractivity contribution is 5.95. The Bertz CT molecular complexity index is 1710. The van der Waals surface area contributed by atoms with Gasteiger partial charge in [0.1, 0.15) is 23.7 Å². The van der Waals surface area contributed by atoms with Gasteiger partial charge in [-0.2, -0.15) is 13.2 Å². The Hall–Kier alpha value is -5.22. The molecule has 232 valence electrons. The molecule has 0 saturated carbocycles. The van der Waals surface area contributed by atoms with Crippen LogP contribution in [0.3, 0.4) is 0 Å². The molecule has 7 N–H and O–H groups in total. The summed E-state index contributed by atoms with van der Waals surface area (Å²) in [6.07, 6.45) is -4.18. The quantitative estimate of drug-likeness (QED) is 0.144. The molecule has 5 rings (SSSR count). The van der Waals surface area contributed by atoms with E-state index in [1.165, 1.54) is 0 Å². The van der Waals surface area contributed by atoms with E-state index < -0.39 is 18.2 Å². The number of hydrogen-bond acceptors (Lipinski definition) is 11. The molecule has 13 nitrogen and oxygen atoms in total. The van der Waals surface area contributed by atoms with Crippen molar-refractivity contribution in [3.05, 3.63) is 66.4 Å². The molecule has 0 spiro atoms. The van der Waals surface area contributed by atoms with Crippen LogP contribution in [0.4, 0.5) is 24.7 Å². The Morgan fingerprint density at radius 2 is 1.84 bits per heavy atom. The summed E-state index contributed by atoms with van der Waals surface area (Å²) in [4.78, 5) is 18.4. The molecule has 0 aliphatic carbocycles. The minimum Gasteiger partial charge on any atom is -0.487 e. The van der Waals surface area contributed by atoms with Crippen molar-refractivity contribution >= 4 is 28.5 Å². The highest BCUT2D eigenvalue weighted by Crippen LogP contribution is 2.36. The third-order valence-corrected chi connectivity index (χ3v) is 6.16. The van der Waals surface area contributed by atoms with Gasteiger partial charge in [-0.3, -0.25) is 0 Å². The molecule has 0 aliphatic heterocycles. The Labute approximate surface area is 248 Å². The van der Waals surface area contributed by atoms with Gasteiger partial charge in [0.15, 0.2) is 23.1 Å². The first kappa shape index (κ1) is 31.7. The van der Waals surface area contributed by atoms with Crippen LogP contribution < -0.4 is 21.5 Å². The molecule has 1 unspecified atom stereocenters. The van der Waals surface area contributed by atoms with Crippen molar-refractivity contribution in [2.75, 3.05) is 24.6 Å². The summed E-state index contributed by atoms with van der Waals surface area (Å²) in [5.74, 6) is -1.63. The molecule has 1 atom stereocenters. The molecule has 5 aromatic rings. The first-order chi connectivity index (χ1) is 21.0. The number of carboxylic acids is 1. The number of rotatable bonds is 10. The summed E-state index contributed by atoms with van der Waals surface area (Å²) >= 11 is 0. The zero-order chi connectivity index (χ0) is 31.9. The lowest BCUT2D eigenvalue weighted by Gasteiger charge is -2.15. The van der Waals surface area contributed by atoms with Crippen LogP contribution in [0.5, 0.6) is 5.75 Å². The van der Waals surface area contributed by atoms with Crippen molar-refractivity contribution in [1.82, 2.24) is 30.2 Å². The molecule has 0 amide bonds.